The third-order valence-electron chi connectivity index (χ3n) is 4.16. The molecule has 2 aromatic rings. The summed E-state index contributed by atoms with van der Waals surface area (Å²) in [4.78, 5) is 14.8. The summed E-state index contributed by atoms with van der Waals surface area (Å²) in [5.74, 6) is 0.619. The van der Waals surface area contributed by atoms with Gasteiger partial charge >= 0.3 is 0 Å². The van der Waals surface area contributed by atoms with Gasteiger partial charge in [-0.15, -0.1) is 0 Å². The van der Waals surface area contributed by atoms with Crippen LogP contribution in [0, 0.1) is 0 Å². The summed E-state index contributed by atoms with van der Waals surface area (Å²) in [6.45, 7) is 4.53. The van der Waals surface area contributed by atoms with Crippen LogP contribution in [0.5, 0.6) is 5.75 Å². The number of nitrogens with one attached hydrogen (secondary N) is 1. The third kappa shape index (κ3) is 3.79. The van der Waals surface area contributed by atoms with Crippen molar-refractivity contribution in [1.82, 2.24) is 4.90 Å². The molecule has 0 spiro atoms. The van der Waals surface area contributed by atoms with Crippen LogP contribution in [0.15, 0.2) is 40.9 Å². The molecule has 1 heterocycles. The fourth-order valence-corrected chi connectivity index (χ4v) is 3.39. The summed E-state index contributed by atoms with van der Waals surface area (Å²) in [7, 11) is 2.12. The van der Waals surface area contributed by atoms with Gasteiger partial charge in [0.2, 0.25) is 0 Å². The number of likely N-dealkylation sites (N-methyl/N-ethyl adjacent to an activating group) is 1. The van der Waals surface area contributed by atoms with Gasteiger partial charge in [-0.2, -0.15) is 0 Å². The maximum Gasteiger partial charge on any atom is 0.255 e. The lowest BCUT2D eigenvalue weighted by atomic mass is 9.99. The van der Waals surface area contributed by atoms with E-state index in [0.29, 0.717) is 12.2 Å². The number of fused-ring (bicyclic) bond motifs is 1. The first-order valence-corrected chi connectivity index (χ1v) is 8.90. The quantitative estimate of drug-likeness (QED) is 0.857. The Hall–Kier alpha value is -1.85. The van der Waals surface area contributed by atoms with Crippen LogP contribution in [0.4, 0.5) is 5.69 Å². The minimum Gasteiger partial charge on any atom is -0.493 e. The lowest BCUT2D eigenvalue weighted by Crippen LogP contribution is -2.26. The van der Waals surface area contributed by atoms with E-state index in [2.05, 4.69) is 45.3 Å². The van der Waals surface area contributed by atoms with Crippen LogP contribution in [0.2, 0.25) is 0 Å². The van der Waals surface area contributed by atoms with Gasteiger partial charge in [0, 0.05) is 24.3 Å². The Morgan fingerprint density at radius 2 is 2.08 bits per heavy atom. The van der Waals surface area contributed by atoms with Crippen LogP contribution in [0.25, 0.3) is 0 Å². The summed E-state index contributed by atoms with van der Waals surface area (Å²) in [5.41, 5.74) is 4.09. The molecule has 1 aliphatic heterocycles. The Morgan fingerprint density at radius 1 is 1.25 bits per heavy atom. The number of benzene rings is 2. The molecule has 3 rings (SSSR count). The molecule has 0 fully saturated rings. The van der Waals surface area contributed by atoms with Crippen molar-refractivity contribution in [1.29, 1.82) is 0 Å². The maximum atomic E-state index is 12.5. The van der Waals surface area contributed by atoms with E-state index in [9.17, 15) is 4.79 Å². The van der Waals surface area contributed by atoms with Gasteiger partial charge in [0.05, 0.1) is 11.1 Å². The number of rotatable bonds is 4. The van der Waals surface area contributed by atoms with Gasteiger partial charge in [0.15, 0.2) is 0 Å². The SMILES string of the molecule is CCOc1ccc(C(=O)Nc2ccc3c(c2)CN(C)CC3)cc1Br. The van der Waals surface area contributed by atoms with E-state index >= 15 is 0 Å². The van der Waals surface area contributed by atoms with Crippen molar-refractivity contribution in [2.24, 2.45) is 0 Å². The third-order valence-corrected chi connectivity index (χ3v) is 4.78. The maximum absolute atomic E-state index is 12.5. The van der Waals surface area contributed by atoms with Crippen LogP contribution in [0.3, 0.4) is 0 Å². The molecule has 0 bridgehead atoms. The fraction of sp³-hybridized carbons (Fsp3) is 0.316. The Morgan fingerprint density at radius 3 is 2.83 bits per heavy atom. The molecular weight excluding hydrogens is 368 g/mol. The van der Waals surface area contributed by atoms with Crippen LogP contribution in [-0.2, 0) is 13.0 Å². The summed E-state index contributed by atoms with van der Waals surface area (Å²) in [6.07, 6.45) is 1.06. The molecule has 1 N–H and O–H groups in total. The number of carbonyl (C=O) groups is 1. The van der Waals surface area contributed by atoms with Crippen LogP contribution >= 0.6 is 15.9 Å². The zero-order valence-corrected chi connectivity index (χ0v) is 15.5. The summed E-state index contributed by atoms with van der Waals surface area (Å²) in [5, 5.41) is 2.98. The predicted octanol–water partition coefficient (Wildman–Crippen LogP) is 4.09. The number of hydrogen-bond donors (Lipinski definition) is 1. The molecule has 5 heteroatoms. The van der Waals surface area contributed by atoms with Crippen molar-refractivity contribution < 1.29 is 9.53 Å². The largest absolute Gasteiger partial charge is 0.493 e. The molecule has 1 aliphatic rings. The zero-order valence-electron chi connectivity index (χ0n) is 13.9. The number of anilines is 1. The van der Waals surface area contributed by atoms with Crippen molar-refractivity contribution in [3.05, 3.63) is 57.6 Å². The van der Waals surface area contributed by atoms with Gasteiger partial charge in [-0.1, -0.05) is 6.07 Å². The monoisotopic (exact) mass is 388 g/mol. The lowest BCUT2D eigenvalue weighted by molar-refractivity contribution is 0.102. The van der Waals surface area contributed by atoms with Crippen molar-refractivity contribution in [2.75, 3.05) is 25.5 Å². The second-order valence-corrected chi connectivity index (χ2v) is 6.86. The first-order chi connectivity index (χ1) is 11.6. The molecule has 24 heavy (non-hydrogen) atoms. The van der Waals surface area contributed by atoms with Gasteiger partial charge in [-0.05, 0) is 77.8 Å². The standard InChI is InChI=1S/C19H21BrN2O2/c1-3-24-18-7-5-14(11-17(18)20)19(23)21-16-6-4-13-8-9-22(2)12-15(13)10-16/h4-7,10-11H,3,8-9,12H2,1-2H3,(H,21,23). The van der Waals surface area contributed by atoms with E-state index in [-0.39, 0.29) is 5.91 Å². The van der Waals surface area contributed by atoms with Gasteiger partial charge in [0.1, 0.15) is 5.75 Å². The van der Waals surface area contributed by atoms with E-state index < -0.39 is 0 Å². The minimum atomic E-state index is -0.122. The normalized spacial score (nSPS) is 14.1. The molecule has 0 aliphatic carbocycles. The molecule has 0 saturated heterocycles. The first-order valence-electron chi connectivity index (χ1n) is 8.11. The number of nitrogens with zero attached hydrogens (tertiary/aromatic N) is 1. The number of ether oxygens (including phenoxy) is 1. The smallest absolute Gasteiger partial charge is 0.255 e. The highest BCUT2D eigenvalue weighted by Crippen LogP contribution is 2.27. The predicted molar refractivity (Wildman–Crippen MR) is 99.7 cm³/mol. The molecule has 0 aromatic heterocycles. The van der Waals surface area contributed by atoms with Crippen LogP contribution in [-0.4, -0.2) is 31.0 Å². The highest BCUT2D eigenvalue weighted by atomic mass is 79.9. The molecular formula is C19H21BrN2O2. The minimum absolute atomic E-state index is 0.122. The number of amides is 1. The summed E-state index contributed by atoms with van der Waals surface area (Å²) >= 11 is 3.45. The van der Waals surface area contributed by atoms with Gasteiger partial charge < -0.3 is 15.0 Å². The average molecular weight is 389 g/mol. The van der Waals surface area contributed by atoms with Gasteiger partial charge in [-0.3, -0.25) is 4.79 Å². The Bertz CT molecular complexity index is 761. The highest BCUT2D eigenvalue weighted by Gasteiger charge is 2.15. The molecule has 2 aromatic carbocycles. The molecule has 0 atom stereocenters. The molecule has 0 saturated carbocycles. The molecule has 0 unspecified atom stereocenters. The second-order valence-electron chi connectivity index (χ2n) is 6.00. The van der Waals surface area contributed by atoms with Gasteiger partial charge in [0.25, 0.3) is 5.91 Å². The van der Waals surface area contributed by atoms with Crippen molar-refractivity contribution in [3.8, 4) is 5.75 Å². The first kappa shape index (κ1) is 17.0. The van der Waals surface area contributed by atoms with E-state index in [0.717, 1.165) is 35.4 Å². The van der Waals surface area contributed by atoms with E-state index in [1.54, 1.807) is 12.1 Å². The second kappa shape index (κ2) is 7.36. The summed E-state index contributed by atoms with van der Waals surface area (Å²) in [6, 6.07) is 11.5. The fourth-order valence-electron chi connectivity index (χ4n) is 2.89. The van der Waals surface area contributed by atoms with Gasteiger partial charge in [-0.25, -0.2) is 0 Å². The number of carbonyl (C=O) groups excluding carboxylic acids is 1. The molecule has 0 radical (unpaired) electrons. The Labute approximate surface area is 150 Å². The molecule has 4 nitrogen and oxygen atoms in total. The van der Waals surface area contributed by atoms with Crippen molar-refractivity contribution >= 4 is 27.5 Å². The zero-order chi connectivity index (χ0) is 17.1. The van der Waals surface area contributed by atoms with Crippen LogP contribution < -0.4 is 10.1 Å². The molecule has 1 amide bonds. The average Bonchev–Trinajstić information content (AvgIpc) is 2.56. The van der Waals surface area contributed by atoms with Crippen molar-refractivity contribution in [2.45, 2.75) is 19.9 Å². The topological polar surface area (TPSA) is 41.6 Å². The number of hydrogen-bond acceptors (Lipinski definition) is 3. The number of halogens is 1. The van der Waals surface area contributed by atoms with E-state index in [4.69, 9.17) is 4.74 Å². The Kier molecular flexibility index (Phi) is 5.21. The van der Waals surface area contributed by atoms with E-state index in [1.807, 2.05) is 19.1 Å². The van der Waals surface area contributed by atoms with Crippen molar-refractivity contribution in [3.63, 3.8) is 0 Å². The summed E-state index contributed by atoms with van der Waals surface area (Å²) < 4.78 is 6.26. The van der Waals surface area contributed by atoms with Crippen LogP contribution in [0.1, 0.15) is 28.4 Å². The lowest BCUT2D eigenvalue weighted by Gasteiger charge is -2.25. The highest BCUT2D eigenvalue weighted by molar-refractivity contribution is 9.10. The molecule has 126 valence electrons. The van der Waals surface area contributed by atoms with E-state index in [1.165, 1.54) is 11.1 Å². The Balaban J connectivity index is 1.75.